The average molecular weight is 295 g/mol. The van der Waals surface area contributed by atoms with Crippen LogP contribution in [0.5, 0.6) is 5.75 Å². The first kappa shape index (κ1) is 16.6. The molecular weight excluding hydrogens is 280 g/mol. The molecule has 0 aliphatic rings. The first-order chi connectivity index (χ1) is 9.88. The predicted molar refractivity (Wildman–Crippen MR) is 72.8 cm³/mol. The lowest BCUT2D eigenvalue weighted by Gasteiger charge is -2.12. The molecular formula is C15H15F2NO3. The van der Waals surface area contributed by atoms with E-state index in [9.17, 15) is 13.6 Å². The Hall–Kier alpha value is -2.42. The van der Waals surface area contributed by atoms with Gasteiger partial charge in [-0.05, 0) is 55.7 Å². The van der Waals surface area contributed by atoms with Gasteiger partial charge in [-0.15, -0.1) is 0 Å². The van der Waals surface area contributed by atoms with Crippen LogP contribution >= 0.6 is 0 Å². The third-order valence-corrected chi connectivity index (χ3v) is 2.62. The summed E-state index contributed by atoms with van der Waals surface area (Å²) in [6, 6.07) is 4.87. The second-order valence-corrected chi connectivity index (χ2v) is 4.25. The number of nitriles is 1. The molecule has 0 radical (unpaired) electrons. The number of alkyl halides is 2. The SMILES string of the molecule is CCOC(=O)/C(C#N)=C/c1cc(C)c(OC(F)F)c(C)c1. The molecule has 0 fully saturated rings. The molecule has 0 amide bonds. The highest BCUT2D eigenvalue weighted by atomic mass is 19.3. The standard InChI is InChI=1S/C15H15F2NO3/c1-4-20-14(19)12(8-18)7-11-5-9(2)13(10(3)6-11)21-15(16)17/h5-7,15H,4H2,1-3H3/b12-7+. The second-order valence-electron chi connectivity index (χ2n) is 4.25. The van der Waals surface area contributed by atoms with E-state index in [1.165, 1.54) is 6.08 Å². The van der Waals surface area contributed by atoms with Crippen molar-refractivity contribution in [3.05, 3.63) is 34.4 Å². The molecule has 0 spiro atoms. The second kappa shape index (κ2) is 7.39. The fourth-order valence-electron chi connectivity index (χ4n) is 1.85. The summed E-state index contributed by atoms with van der Waals surface area (Å²) in [5, 5.41) is 8.95. The maximum Gasteiger partial charge on any atom is 0.387 e. The molecule has 21 heavy (non-hydrogen) atoms. The van der Waals surface area contributed by atoms with Crippen molar-refractivity contribution in [1.82, 2.24) is 0 Å². The number of benzene rings is 1. The van der Waals surface area contributed by atoms with Gasteiger partial charge < -0.3 is 9.47 Å². The zero-order chi connectivity index (χ0) is 16.0. The Morgan fingerprint density at radius 2 is 1.95 bits per heavy atom. The predicted octanol–water partition coefficient (Wildman–Crippen LogP) is 3.37. The normalized spacial score (nSPS) is 11.2. The van der Waals surface area contributed by atoms with Gasteiger partial charge in [0.05, 0.1) is 6.61 Å². The van der Waals surface area contributed by atoms with Crippen molar-refractivity contribution in [2.45, 2.75) is 27.4 Å². The molecule has 1 aromatic carbocycles. The van der Waals surface area contributed by atoms with Crippen LogP contribution in [0.4, 0.5) is 8.78 Å². The lowest BCUT2D eigenvalue weighted by Crippen LogP contribution is -2.07. The molecule has 0 bridgehead atoms. The molecule has 0 heterocycles. The summed E-state index contributed by atoms with van der Waals surface area (Å²) in [6.07, 6.45) is 1.35. The number of hydrogen-bond donors (Lipinski definition) is 0. The van der Waals surface area contributed by atoms with Crippen LogP contribution in [0.2, 0.25) is 0 Å². The number of esters is 1. The summed E-state index contributed by atoms with van der Waals surface area (Å²) in [7, 11) is 0. The van der Waals surface area contributed by atoms with Crippen molar-refractivity contribution < 1.29 is 23.0 Å². The van der Waals surface area contributed by atoms with E-state index in [4.69, 9.17) is 10.00 Å². The number of carbonyl (C=O) groups is 1. The minimum absolute atomic E-state index is 0.0943. The molecule has 6 heteroatoms. The van der Waals surface area contributed by atoms with Crippen LogP contribution in [-0.2, 0) is 9.53 Å². The van der Waals surface area contributed by atoms with Crippen molar-refractivity contribution in [2.75, 3.05) is 6.61 Å². The molecule has 0 aromatic heterocycles. The van der Waals surface area contributed by atoms with Gasteiger partial charge in [0.25, 0.3) is 0 Å². The highest BCUT2D eigenvalue weighted by Crippen LogP contribution is 2.27. The number of halogens is 2. The topological polar surface area (TPSA) is 59.3 Å². The molecule has 0 saturated heterocycles. The summed E-state index contributed by atoms with van der Waals surface area (Å²) >= 11 is 0. The number of rotatable bonds is 5. The zero-order valence-electron chi connectivity index (χ0n) is 11.9. The molecule has 0 unspecified atom stereocenters. The molecule has 112 valence electrons. The van der Waals surface area contributed by atoms with Gasteiger partial charge in [-0.1, -0.05) is 0 Å². The van der Waals surface area contributed by atoms with Crippen LogP contribution in [0.3, 0.4) is 0 Å². The summed E-state index contributed by atoms with van der Waals surface area (Å²) in [5.74, 6) is -0.625. The van der Waals surface area contributed by atoms with Gasteiger partial charge in [-0.2, -0.15) is 14.0 Å². The van der Waals surface area contributed by atoms with Crippen LogP contribution in [-0.4, -0.2) is 19.2 Å². The summed E-state index contributed by atoms with van der Waals surface area (Å²) in [5.41, 5.74) is 1.36. The number of ether oxygens (including phenoxy) is 2. The highest BCUT2D eigenvalue weighted by Gasteiger charge is 2.13. The summed E-state index contributed by atoms with van der Waals surface area (Å²) in [4.78, 5) is 11.5. The van der Waals surface area contributed by atoms with Gasteiger partial charge in [0.2, 0.25) is 0 Å². The molecule has 0 saturated carbocycles. The molecule has 0 aliphatic carbocycles. The lowest BCUT2D eigenvalue weighted by molar-refractivity contribution is -0.137. The van der Waals surface area contributed by atoms with Crippen LogP contribution < -0.4 is 4.74 Å². The lowest BCUT2D eigenvalue weighted by atomic mass is 10.0. The Morgan fingerprint density at radius 3 is 2.38 bits per heavy atom. The maximum atomic E-state index is 12.3. The molecule has 0 atom stereocenters. The fraction of sp³-hybridized carbons (Fsp3) is 0.333. The minimum Gasteiger partial charge on any atom is -0.462 e. The van der Waals surface area contributed by atoms with E-state index in [0.29, 0.717) is 16.7 Å². The first-order valence-electron chi connectivity index (χ1n) is 6.24. The maximum absolute atomic E-state index is 12.3. The van der Waals surface area contributed by atoms with Crippen molar-refractivity contribution in [2.24, 2.45) is 0 Å². The van der Waals surface area contributed by atoms with Crippen LogP contribution in [0.15, 0.2) is 17.7 Å². The molecule has 0 aliphatic heterocycles. The number of carbonyl (C=O) groups excluding carboxylic acids is 1. The number of aryl methyl sites for hydroxylation is 2. The Balaban J connectivity index is 3.16. The summed E-state index contributed by atoms with van der Waals surface area (Å²) < 4.78 is 33.8. The van der Waals surface area contributed by atoms with Gasteiger partial charge in [-0.25, -0.2) is 4.79 Å². The molecule has 1 aromatic rings. The minimum atomic E-state index is -2.90. The van der Waals surface area contributed by atoms with Gasteiger partial charge >= 0.3 is 12.6 Å². The van der Waals surface area contributed by atoms with Crippen molar-refractivity contribution in [3.63, 3.8) is 0 Å². The smallest absolute Gasteiger partial charge is 0.387 e. The average Bonchev–Trinajstić information content (AvgIpc) is 2.40. The third-order valence-electron chi connectivity index (χ3n) is 2.62. The van der Waals surface area contributed by atoms with E-state index >= 15 is 0 Å². The molecule has 0 N–H and O–H groups in total. The Bertz CT molecular complexity index is 580. The highest BCUT2D eigenvalue weighted by molar-refractivity contribution is 5.97. The van der Waals surface area contributed by atoms with Gasteiger partial charge in [0.15, 0.2) is 0 Å². The van der Waals surface area contributed by atoms with Gasteiger partial charge in [0.1, 0.15) is 17.4 Å². The van der Waals surface area contributed by atoms with Crippen molar-refractivity contribution in [1.29, 1.82) is 5.26 Å². The largest absolute Gasteiger partial charge is 0.462 e. The van der Waals surface area contributed by atoms with E-state index in [1.807, 2.05) is 0 Å². The Morgan fingerprint density at radius 1 is 1.38 bits per heavy atom. The Kier molecular flexibility index (Phi) is 5.85. The third kappa shape index (κ3) is 4.56. The molecule has 4 nitrogen and oxygen atoms in total. The molecule has 1 rings (SSSR count). The van der Waals surface area contributed by atoms with Crippen LogP contribution in [0.1, 0.15) is 23.6 Å². The number of nitrogens with zero attached hydrogens (tertiary/aromatic N) is 1. The van der Waals surface area contributed by atoms with E-state index in [2.05, 4.69) is 4.74 Å². The zero-order valence-corrected chi connectivity index (χ0v) is 11.9. The van der Waals surface area contributed by atoms with E-state index in [1.54, 1.807) is 39.0 Å². The monoisotopic (exact) mass is 295 g/mol. The van der Waals surface area contributed by atoms with Gasteiger partial charge in [0, 0.05) is 0 Å². The quantitative estimate of drug-likeness (QED) is 0.474. The van der Waals surface area contributed by atoms with E-state index < -0.39 is 12.6 Å². The van der Waals surface area contributed by atoms with Crippen LogP contribution in [0, 0.1) is 25.2 Å². The van der Waals surface area contributed by atoms with Crippen LogP contribution in [0.25, 0.3) is 6.08 Å². The Labute approximate surface area is 121 Å². The van der Waals surface area contributed by atoms with E-state index in [-0.39, 0.29) is 17.9 Å². The van der Waals surface area contributed by atoms with Gasteiger partial charge in [-0.3, -0.25) is 0 Å². The number of hydrogen-bond acceptors (Lipinski definition) is 4. The van der Waals surface area contributed by atoms with Crippen molar-refractivity contribution in [3.8, 4) is 11.8 Å². The fourth-order valence-corrected chi connectivity index (χ4v) is 1.85. The summed E-state index contributed by atoms with van der Waals surface area (Å²) in [6.45, 7) is 2.11. The van der Waals surface area contributed by atoms with E-state index in [0.717, 1.165) is 0 Å². The first-order valence-corrected chi connectivity index (χ1v) is 6.24. The van der Waals surface area contributed by atoms with Crippen molar-refractivity contribution >= 4 is 12.0 Å².